The number of amides is 1. The number of hydrogen-bond acceptors (Lipinski definition) is 5. The van der Waals surface area contributed by atoms with Crippen LogP contribution in [0, 0.1) is 0 Å². The highest BCUT2D eigenvalue weighted by Crippen LogP contribution is 2.39. The first-order chi connectivity index (χ1) is 17.2. The van der Waals surface area contributed by atoms with Gasteiger partial charge in [0, 0.05) is 28.8 Å². The van der Waals surface area contributed by atoms with Crippen LogP contribution in [0.15, 0.2) is 60.7 Å². The van der Waals surface area contributed by atoms with Gasteiger partial charge in [-0.25, -0.2) is 0 Å². The minimum atomic E-state index is -4.79. The van der Waals surface area contributed by atoms with Gasteiger partial charge in [0.15, 0.2) is 0 Å². The maximum absolute atomic E-state index is 13.0. The summed E-state index contributed by atoms with van der Waals surface area (Å²) < 4.78 is 52.7. The average Bonchev–Trinajstić information content (AvgIpc) is 3.38. The summed E-state index contributed by atoms with van der Waals surface area (Å²) in [5.41, 5.74) is 3.35. The van der Waals surface area contributed by atoms with Crippen molar-refractivity contribution in [1.29, 1.82) is 0 Å². The third-order valence-electron chi connectivity index (χ3n) is 6.13. The minimum absolute atomic E-state index is 0.00797. The molecule has 186 valence electrons. The van der Waals surface area contributed by atoms with E-state index in [9.17, 15) is 22.8 Å². The van der Waals surface area contributed by atoms with E-state index in [0.29, 0.717) is 29.4 Å². The van der Waals surface area contributed by atoms with Crippen molar-refractivity contribution in [3.05, 3.63) is 82.9 Å². The maximum atomic E-state index is 13.0. The molecular weight excluding hydrogens is 479 g/mol. The lowest BCUT2D eigenvalue weighted by molar-refractivity contribution is -0.274. The number of aliphatic carboxylic acids is 1. The van der Waals surface area contributed by atoms with Gasteiger partial charge in [-0.1, -0.05) is 18.2 Å². The van der Waals surface area contributed by atoms with Gasteiger partial charge in [0.25, 0.3) is 5.91 Å². The summed E-state index contributed by atoms with van der Waals surface area (Å²) in [4.78, 5) is 25.5. The molecule has 0 aliphatic carbocycles. The molecule has 1 atom stereocenters. The van der Waals surface area contributed by atoms with Gasteiger partial charge >= 0.3 is 12.3 Å². The quantitative estimate of drug-likeness (QED) is 0.477. The third kappa shape index (κ3) is 4.79. The summed E-state index contributed by atoms with van der Waals surface area (Å²) in [6.07, 6.45) is -4.80. The molecule has 3 aromatic rings. The zero-order valence-corrected chi connectivity index (χ0v) is 18.7. The van der Waals surface area contributed by atoms with Crippen LogP contribution in [0.3, 0.4) is 0 Å². The molecular formula is C26H20F3NO6. The Morgan fingerprint density at radius 2 is 1.83 bits per heavy atom. The molecule has 1 amide bonds. The van der Waals surface area contributed by atoms with Crippen LogP contribution in [0.5, 0.6) is 17.2 Å². The number of benzene rings is 3. The number of anilines is 1. The normalized spacial score (nSPS) is 16.4. The van der Waals surface area contributed by atoms with E-state index in [4.69, 9.17) is 14.6 Å². The molecule has 0 saturated heterocycles. The topological polar surface area (TPSA) is 85.3 Å². The second-order valence-corrected chi connectivity index (χ2v) is 8.47. The van der Waals surface area contributed by atoms with E-state index in [1.54, 1.807) is 30.3 Å². The Morgan fingerprint density at radius 1 is 1.08 bits per heavy atom. The van der Waals surface area contributed by atoms with Crippen molar-refractivity contribution in [3.63, 3.8) is 0 Å². The van der Waals surface area contributed by atoms with Gasteiger partial charge in [0.2, 0.25) is 0 Å². The molecule has 7 nitrogen and oxygen atoms in total. The molecule has 0 spiro atoms. The fraction of sp³-hybridized carbons (Fsp3) is 0.231. The van der Waals surface area contributed by atoms with E-state index >= 15 is 0 Å². The predicted octanol–water partition coefficient (Wildman–Crippen LogP) is 5.28. The van der Waals surface area contributed by atoms with E-state index < -0.39 is 12.3 Å². The zero-order valence-electron chi connectivity index (χ0n) is 18.7. The van der Waals surface area contributed by atoms with Crippen LogP contribution >= 0.6 is 0 Å². The first-order valence-corrected chi connectivity index (χ1v) is 11.1. The number of hydrogen-bond donors (Lipinski definition) is 1. The second-order valence-electron chi connectivity index (χ2n) is 8.47. The van der Waals surface area contributed by atoms with E-state index in [-0.39, 0.29) is 37.1 Å². The minimum Gasteiger partial charge on any atom is -0.492 e. The Morgan fingerprint density at radius 3 is 2.56 bits per heavy atom. The molecule has 1 N–H and O–H groups in total. The number of rotatable bonds is 7. The molecule has 10 heteroatoms. The summed E-state index contributed by atoms with van der Waals surface area (Å²) in [7, 11) is 0. The zero-order chi connectivity index (χ0) is 25.4. The van der Waals surface area contributed by atoms with Crippen LogP contribution in [0.1, 0.15) is 39.4 Å². The summed E-state index contributed by atoms with van der Waals surface area (Å²) in [6, 6.07) is 15.7. The number of fused-ring (bicyclic) bond motifs is 2. The van der Waals surface area contributed by atoms with E-state index in [1.165, 1.54) is 29.2 Å². The monoisotopic (exact) mass is 499 g/mol. The Bertz CT molecular complexity index is 1320. The van der Waals surface area contributed by atoms with E-state index in [0.717, 1.165) is 16.7 Å². The molecule has 0 radical (unpaired) electrons. The van der Waals surface area contributed by atoms with Gasteiger partial charge in [0.05, 0.1) is 19.6 Å². The van der Waals surface area contributed by atoms with Crippen LogP contribution in [0.2, 0.25) is 0 Å². The molecule has 3 aromatic carbocycles. The van der Waals surface area contributed by atoms with Crippen LogP contribution in [0.25, 0.3) is 0 Å². The third-order valence-corrected chi connectivity index (χ3v) is 6.13. The first-order valence-electron chi connectivity index (χ1n) is 11.1. The second kappa shape index (κ2) is 9.10. The number of ether oxygens (including phenoxy) is 3. The lowest BCUT2D eigenvalue weighted by atomic mass is 9.98. The van der Waals surface area contributed by atoms with Crippen molar-refractivity contribution in [2.45, 2.75) is 31.9 Å². The summed E-state index contributed by atoms with van der Waals surface area (Å²) in [5.74, 6) is -0.567. The molecule has 2 aliphatic heterocycles. The van der Waals surface area contributed by atoms with Gasteiger partial charge < -0.3 is 24.2 Å². The number of carbonyl (C=O) groups excluding carboxylic acids is 1. The molecule has 36 heavy (non-hydrogen) atoms. The van der Waals surface area contributed by atoms with Crippen molar-refractivity contribution >= 4 is 17.6 Å². The van der Waals surface area contributed by atoms with Gasteiger partial charge in [-0.3, -0.25) is 9.59 Å². The fourth-order valence-corrected chi connectivity index (χ4v) is 4.46. The summed E-state index contributed by atoms with van der Waals surface area (Å²) in [5, 5.41) is 9.05. The molecule has 2 aliphatic rings. The Labute approximate surface area is 203 Å². The molecule has 1 unspecified atom stereocenters. The van der Waals surface area contributed by atoms with Crippen molar-refractivity contribution in [1.82, 2.24) is 0 Å². The van der Waals surface area contributed by atoms with Crippen molar-refractivity contribution in [3.8, 4) is 17.2 Å². The average molecular weight is 499 g/mol. The lowest BCUT2D eigenvalue weighted by Gasteiger charge is -2.17. The largest absolute Gasteiger partial charge is 0.573 e. The van der Waals surface area contributed by atoms with Crippen molar-refractivity contribution < 1.29 is 42.1 Å². The van der Waals surface area contributed by atoms with Crippen LogP contribution in [0.4, 0.5) is 18.9 Å². The lowest BCUT2D eigenvalue weighted by Crippen LogP contribution is -2.23. The number of halogens is 3. The van der Waals surface area contributed by atoms with Gasteiger partial charge in [-0.2, -0.15) is 0 Å². The highest BCUT2D eigenvalue weighted by atomic mass is 19.4. The molecule has 0 fully saturated rings. The predicted molar refractivity (Wildman–Crippen MR) is 121 cm³/mol. The molecule has 0 saturated carbocycles. The molecule has 0 bridgehead atoms. The van der Waals surface area contributed by atoms with Crippen LogP contribution in [-0.4, -0.2) is 30.0 Å². The molecule has 0 aromatic heterocycles. The Balaban J connectivity index is 1.29. The standard InChI is InChI=1S/C26H20F3NO6/c27-26(28,29)36-18-6-4-17(5-7-18)30-12-22-15(2-1-3-21(22)25(30)33)13-34-19-8-9-20-16(10-24(31)32)14-35-23(20)11-19/h1-9,11,16H,10,12-14H2,(H,31,32). The summed E-state index contributed by atoms with van der Waals surface area (Å²) in [6.45, 7) is 0.732. The fourth-order valence-electron chi connectivity index (χ4n) is 4.46. The SMILES string of the molecule is O=C(O)CC1COc2cc(OCc3cccc4c3CN(c3ccc(OC(F)(F)F)cc3)C4=O)ccc21. The number of carboxylic acid groups (broad SMARTS) is 1. The molecule has 5 rings (SSSR count). The highest BCUT2D eigenvalue weighted by Gasteiger charge is 2.33. The van der Waals surface area contributed by atoms with E-state index in [2.05, 4.69) is 4.74 Å². The maximum Gasteiger partial charge on any atom is 0.573 e. The van der Waals surface area contributed by atoms with Crippen molar-refractivity contribution in [2.75, 3.05) is 11.5 Å². The van der Waals surface area contributed by atoms with E-state index in [1.807, 2.05) is 6.07 Å². The van der Waals surface area contributed by atoms with Gasteiger partial charge in [-0.15, -0.1) is 13.2 Å². The number of carbonyl (C=O) groups is 2. The van der Waals surface area contributed by atoms with Gasteiger partial charge in [-0.05, 0) is 47.5 Å². The van der Waals surface area contributed by atoms with Crippen LogP contribution in [-0.2, 0) is 17.9 Å². The molecule has 2 heterocycles. The smallest absolute Gasteiger partial charge is 0.492 e. The van der Waals surface area contributed by atoms with Crippen LogP contribution < -0.4 is 19.1 Å². The number of carboxylic acids is 1. The first kappa shape index (κ1) is 23.5. The number of nitrogens with zero attached hydrogens (tertiary/aromatic N) is 1. The van der Waals surface area contributed by atoms with Gasteiger partial charge in [0.1, 0.15) is 23.9 Å². The summed E-state index contributed by atoms with van der Waals surface area (Å²) >= 11 is 0. The highest BCUT2D eigenvalue weighted by molar-refractivity contribution is 6.10. The van der Waals surface area contributed by atoms with Crippen molar-refractivity contribution in [2.24, 2.45) is 0 Å². The Hall–Kier alpha value is -4.21. The number of alkyl halides is 3. The Kier molecular flexibility index (Phi) is 5.95.